The molecule has 260 valence electrons. The number of rotatable bonds is 7. The minimum Gasteiger partial charge on any atom is -0.496 e. The zero-order valence-electron chi connectivity index (χ0n) is 28.5. The van der Waals surface area contributed by atoms with Gasteiger partial charge in [-0.25, -0.2) is 9.60 Å². The molecule has 2 heterocycles. The van der Waals surface area contributed by atoms with Gasteiger partial charge in [-0.2, -0.15) is 5.06 Å². The number of piperazine rings is 1. The van der Waals surface area contributed by atoms with Crippen molar-refractivity contribution in [1.29, 1.82) is 0 Å². The number of aldehydes is 2. The Hall–Kier alpha value is -3.87. The summed E-state index contributed by atoms with van der Waals surface area (Å²) in [4.78, 5) is 48.8. The average molecular weight is 659 g/mol. The number of methoxy groups -OCH3 is 1. The molecule has 5 rings (SSSR count). The molecular weight excluding hydrogens is 605 g/mol. The van der Waals surface area contributed by atoms with Crippen molar-refractivity contribution in [2.75, 3.05) is 65.8 Å². The molecule has 4 N–H and O–H groups in total. The lowest BCUT2D eigenvalue weighted by Crippen LogP contribution is -3.15. The lowest BCUT2D eigenvalue weighted by Gasteiger charge is -2.39. The minimum absolute atomic E-state index is 0.0657. The van der Waals surface area contributed by atoms with E-state index in [-0.39, 0.29) is 11.8 Å². The average Bonchev–Trinajstić information content (AvgIpc) is 3.07. The maximum Gasteiger partial charge on any atom is 0.254 e. The normalized spacial score (nSPS) is 17.9. The Balaban J connectivity index is 0.000000328. The molecule has 0 radical (unpaired) electrons. The molecule has 11 nitrogen and oxygen atoms in total. The Morgan fingerprint density at radius 3 is 2.26 bits per heavy atom. The molecule has 1 unspecified atom stereocenters. The van der Waals surface area contributed by atoms with Gasteiger partial charge in [-0.05, 0) is 81.6 Å². The van der Waals surface area contributed by atoms with Gasteiger partial charge in [0.15, 0.2) is 0 Å². The zero-order valence-corrected chi connectivity index (χ0v) is 28.5. The number of nitrogens with zero attached hydrogens (tertiary/aromatic N) is 2. The first-order chi connectivity index (χ1) is 22.6. The van der Waals surface area contributed by atoms with Crippen LogP contribution < -0.4 is 20.4 Å². The van der Waals surface area contributed by atoms with E-state index >= 15 is 0 Å². The fraction of sp³-hybridized carbons (Fsp3) is 0.543. The predicted octanol–water partition coefficient (Wildman–Crippen LogP) is 3.18. The second-order valence-corrected chi connectivity index (χ2v) is 11.8. The molecule has 0 spiro atoms. The van der Waals surface area contributed by atoms with Crippen LogP contribution in [0.4, 0.5) is 10.1 Å². The first-order valence-corrected chi connectivity index (χ1v) is 16.4. The van der Waals surface area contributed by atoms with E-state index in [9.17, 15) is 18.8 Å². The Morgan fingerprint density at radius 1 is 1.06 bits per heavy atom. The second kappa shape index (κ2) is 21.1. The maximum atomic E-state index is 13.3. The van der Waals surface area contributed by atoms with E-state index in [0.717, 1.165) is 50.1 Å². The molecule has 2 aromatic rings. The van der Waals surface area contributed by atoms with Crippen molar-refractivity contribution in [3.8, 4) is 5.75 Å². The minimum atomic E-state index is -0.452. The predicted molar refractivity (Wildman–Crippen MR) is 180 cm³/mol. The van der Waals surface area contributed by atoms with E-state index in [1.807, 2.05) is 32.2 Å². The number of hydrogen-bond acceptors (Lipinski definition) is 8. The van der Waals surface area contributed by atoms with Gasteiger partial charge in [0.2, 0.25) is 5.91 Å². The largest absolute Gasteiger partial charge is 0.496 e. The van der Waals surface area contributed by atoms with Crippen LogP contribution in [0.1, 0.15) is 84.6 Å². The Morgan fingerprint density at radius 2 is 1.72 bits per heavy atom. The summed E-state index contributed by atoms with van der Waals surface area (Å²) in [6.45, 7) is 7.71. The van der Waals surface area contributed by atoms with E-state index < -0.39 is 11.9 Å². The number of hydroxylamine groups is 2. The van der Waals surface area contributed by atoms with Crippen LogP contribution in [0.25, 0.3) is 0 Å². The molecule has 2 amide bonds. The molecule has 2 aliphatic heterocycles. The van der Waals surface area contributed by atoms with Crippen LogP contribution in [0.5, 0.6) is 5.75 Å². The molecular formula is C35H53FN5O6+. The fourth-order valence-corrected chi connectivity index (χ4v) is 5.60. The first-order valence-electron chi connectivity index (χ1n) is 16.4. The van der Waals surface area contributed by atoms with E-state index in [1.165, 1.54) is 44.7 Å². The Bertz CT molecular complexity index is 1290. The highest BCUT2D eigenvalue weighted by molar-refractivity contribution is 5.98. The van der Waals surface area contributed by atoms with Gasteiger partial charge in [0.05, 0.1) is 13.5 Å². The van der Waals surface area contributed by atoms with Gasteiger partial charge >= 0.3 is 0 Å². The SMILES string of the molecule is CC=O.CCNC(=O)C1CN(C)CCN1C(=O)c1ccc(OC)c(C2CCCCC2)c1.CNc1cc(F)cc(C=O)c1.O[NH+]1CCC1. The maximum absolute atomic E-state index is 13.3. The highest BCUT2D eigenvalue weighted by atomic mass is 19.1. The summed E-state index contributed by atoms with van der Waals surface area (Å²) < 4.78 is 18.2. The molecule has 47 heavy (non-hydrogen) atoms. The van der Waals surface area contributed by atoms with Crippen LogP contribution in [0.3, 0.4) is 0 Å². The number of amides is 2. The number of quaternary nitrogens is 1. The zero-order chi connectivity index (χ0) is 34.8. The number of likely N-dealkylation sites (N-methyl/N-ethyl adjacent to an activating group) is 2. The van der Waals surface area contributed by atoms with Crippen molar-refractivity contribution < 1.29 is 38.6 Å². The molecule has 1 saturated carbocycles. The van der Waals surface area contributed by atoms with Crippen molar-refractivity contribution in [2.24, 2.45) is 0 Å². The van der Waals surface area contributed by atoms with Crippen molar-refractivity contribution in [3.63, 3.8) is 0 Å². The summed E-state index contributed by atoms with van der Waals surface area (Å²) in [6, 6.07) is 9.39. The molecule has 0 bridgehead atoms. The van der Waals surface area contributed by atoms with E-state index in [1.54, 1.807) is 25.1 Å². The summed E-state index contributed by atoms with van der Waals surface area (Å²) in [5.74, 6) is 0.761. The Kier molecular flexibility index (Phi) is 17.6. The van der Waals surface area contributed by atoms with Gasteiger partial charge in [-0.1, -0.05) is 19.3 Å². The number of nitrogens with one attached hydrogen (secondary N) is 3. The first kappa shape index (κ1) is 39.3. The van der Waals surface area contributed by atoms with Gasteiger partial charge in [0.25, 0.3) is 5.91 Å². The highest BCUT2D eigenvalue weighted by Gasteiger charge is 2.35. The van der Waals surface area contributed by atoms with Gasteiger partial charge in [-0.15, -0.1) is 0 Å². The Labute approximate surface area is 278 Å². The van der Waals surface area contributed by atoms with Crippen LogP contribution in [0, 0.1) is 5.82 Å². The smallest absolute Gasteiger partial charge is 0.254 e. The van der Waals surface area contributed by atoms with Crippen molar-refractivity contribution in [1.82, 2.24) is 15.1 Å². The summed E-state index contributed by atoms with van der Waals surface area (Å²) in [5, 5.41) is 14.7. The lowest BCUT2D eigenvalue weighted by atomic mass is 9.83. The third-order valence-corrected chi connectivity index (χ3v) is 8.30. The van der Waals surface area contributed by atoms with Crippen LogP contribution in [-0.4, -0.2) is 106 Å². The third-order valence-electron chi connectivity index (χ3n) is 8.30. The van der Waals surface area contributed by atoms with Crippen molar-refractivity contribution in [2.45, 2.75) is 64.3 Å². The quantitative estimate of drug-likeness (QED) is 0.334. The summed E-state index contributed by atoms with van der Waals surface area (Å²) in [7, 11) is 5.35. The number of carbonyl (C=O) groups excluding carboxylic acids is 4. The van der Waals surface area contributed by atoms with Crippen LogP contribution >= 0.6 is 0 Å². The van der Waals surface area contributed by atoms with Gasteiger partial charge < -0.3 is 30.0 Å². The summed E-state index contributed by atoms with van der Waals surface area (Å²) >= 11 is 0. The van der Waals surface area contributed by atoms with Crippen molar-refractivity contribution >= 4 is 30.1 Å². The van der Waals surface area contributed by atoms with Crippen LogP contribution in [0.15, 0.2) is 36.4 Å². The molecule has 1 atom stereocenters. The molecule has 2 aromatic carbocycles. The number of ether oxygens (including phenoxy) is 1. The number of carbonyl (C=O) groups is 4. The molecule has 12 heteroatoms. The molecule has 2 saturated heterocycles. The molecule has 3 aliphatic rings. The standard InChI is InChI=1S/C22H33N3O3.C8H8FNO.C3H7NO.C2H4O/c1-4-23-21(26)19-15-24(2)12-13-25(19)22(27)17-10-11-20(28-3)18(14-17)16-8-6-5-7-9-16;1-10-8-3-6(5-11)2-7(9)4-8;5-4-2-1-3-4;1-2-3/h10-11,14,16,19H,4-9,12-13,15H2,1-3H3,(H,23,26);2-5,10H,1H3;5H,1-3H2;2H,1H3/p+1. The van der Waals surface area contributed by atoms with E-state index in [0.29, 0.717) is 53.7 Å². The number of hydrogen-bond donors (Lipinski definition) is 4. The van der Waals surface area contributed by atoms with Crippen LogP contribution in [0.2, 0.25) is 0 Å². The summed E-state index contributed by atoms with van der Waals surface area (Å²) in [5.41, 5.74) is 2.73. The molecule has 3 fully saturated rings. The van der Waals surface area contributed by atoms with E-state index in [2.05, 4.69) is 15.5 Å². The highest BCUT2D eigenvalue weighted by Crippen LogP contribution is 2.38. The topological polar surface area (TPSA) is 133 Å². The van der Waals surface area contributed by atoms with Gasteiger partial charge in [-0.3, -0.25) is 14.4 Å². The number of anilines is 1. The molecule has 1 aliphatic carbocycles. The van der Waals surface area contributed by atoms with Crippen LogP contribution in [-0.2, 0) is 9.59 Å². The lowest BCUT2D eigenvalue weighted by molar-refractivity contribution is -1.12. The van der Waals surface area contributed by atoms with Gasteiger partial charge in [0.1, 0.15) is 43.3 Å². The third kappa shape index (κ3) is 12.7. The summed E-state index contributed by atoms with van der Waals surface area (Å²) in [6.07, 6.45) is 8.59. The van der Waals surface area contributed by atoms with Gasteiger partial charge in [0, 0.05) is 50.0 Å². The fourth-order valence-electron chi connectivity index (χ4n) is 5.60. The number of benzene rings is 2. The monoisotopic (exact) mass is 658 g/mol. The number of halogens is 1. The second-order valence-electron chi connectivity index (χ2n) is 11.8. The van der Waals surface area contributed by atoms with Crippen molar-refractivity contribution in [3.05, 3.63) is 58.9 Å². The van der Waals surface area contributed by atoms with E-state index in [4.69, 9.17) is 14.7 Å². The molecule has 0 aromatic heterocycles.